The molecule has 0 unspecified atom stereocenters. The maximum atomic E-state index is 12.9. The Balaban J connectivity index is 1.35. The van der Waals surface area contributed by atoms with Crippen molar-refractivity contribution in [1.82, 2.24) is 15.0 Å². The maximum Gasteiger partial charge on any atom is 0.255 e. The van der Waals surface area contributed by atoms with Crippen LogP contribution in [0.25, 0.3) is 21.1 Å². The summed E-state index contributed by atoms with van der Waals surface area (Å²) in [5.74, 6) is -0.537. The SMILES string of the molecule is Cc1ccc2cc(C(=O)Nc3cc(NC(=O)c4ccc5scnc5c4)cnc3C)ccc2n1. The molecule has 0 saturated carbocycles. The van der Waals surface area contributed by atoms with Crippen molar-refractivity contribution >= 4 is 55.6 Å². The van der Waals surface area contributed by atoms with Crippen molar-refractivity contribution in [3.05, 3.63) is 88.8 Å². The van der Waals surface area contributed by atoms with E-state index in [2.05, 4.69) is 25.6 Å². The highest BCUT2D eigenvalue weighted by molar-refractivity contribution is 7.16. The molecule has 0 aliphatic carbocycles. The van der Waals surface area contributed by atoms with E-state index in [1.54, 1.807) is 49.0 Å². The van der Waals surface area contributed by atoms with Gasteiger partial charge in [0.1, 0.15) is 0 Å². The predicted octanol–water partition coefficient (Wildman–Crippen LogP) is 5.36. The van der Waals surface area contributed by atoms with E-state index in [1.807, 2.05) is 31.2 Å². The van der Waals surface area contributed by atoms with E-state index in [1.165, 1.54) is 11.3 Å². The molecule has 0 radical (unpaired) electrons. The first-order chi connectivity index (χ1) is 16.0. The zero-order chi connectivity index (χ0) is 22.9. The number of amides is 2. The monoisotopic (exact) mass is 453 g/mol. The minimum Gasteiger partial charge on any atom is -0.321 e. The lowest BCUT2D eigenvalue weighted by atomic mass is 10.1. The van der Waals surface area contributed by atoms with Gasteiger partial charge in [0.25, 0.3) is 11.8 Å². The molecule has 2 N–H and O–H groups in total. The van der Waals surface area contributed by atoms with Crippen LogP contribution in [0.15, 0.2) is 66.3 Å². The molecule has 5 rings (SSSR count). The summed E-state index contributed by atoms with van der Waals surface area (Å²) < 4.78 is 1.02. The third kappa shape index (κ3) is 4.28. The van der Waals surface area contributed by atoms with Gasteiger partial charge in [-0.3, -0.25) is 19.6 Å². The Morgan fingerprint density at radius 1 is 0.818 bits per heavy atom. The van der Waals surface area contributed by atoms with Crippen molar-refractivity contribution in [1.29, 1.82) is 0 Å². The standard InChI is InChI=1S/C25H19N5O2S/c1-14-3-4-16-9-17(5-7-20(16)28-14)25(32)30-21-11-19(12-26-15(21)2)29-24(31)18-6-8-23-22(10-18)27-13-33-23/h3-13H,1-2H3,(H,29,31)(H,30,32). The van der Waals surface area contributed by atoms with E-state index < -0.39 is 0 Å². The summed E-state index contributed by atoms with van der Waals surface area (Å²) in [6.07, 6.45) is 1.56. The minimum absolute atomic E-state index is 0.264. The zero-order valence-electron chi connectivity index (χ0n) is 17.9. The van der Waals surface area contributed by atoms with Gasteiger partial charge in [-0.2, -0.15) is 0 Å². The van der Waals surface area contributed by atoms with E-state index >= 15 is 0 Å². The van der Waals surface area contributed by atoms with Crippen LogP contribution in [0.5, 0.6) is 0 Å². The van der Waals surface area contributed by atoms with Gasteiger partial charge < -0.3 is 10.6 Å². The maximum absolute atomic E-state index is 12.9. The van der Waals surface area contributed by atoms with Crippen LogP contribution in [0.1, 0.15) is 32.1 Å². The number of carbonyl (C=O) groups excluding carboxylic acids is 2. The number of aryl methyl sites for hydroxylation is 2. The second-order valence-corrected chi connectivity index (χ2v) is 8.55. The second kappa shape index (κ2) is 8.40. The minimum atomic E-state index is -0.273. The topological polar surface area (TPSA) is 96.9 Å². The first kappa shape index (κ1) is 20.7. The average molecular weight is 454 g/mol. The number of fused-ring (bicyclic) bond motifs is 2. The number of pyridine rings is 2. The van der Waals surface area contributed by atoms with Crippen molar-refractivity contribution in [2.75, 3.05) is 10.6 Å². The van der Waals surface area contributed by atoms with Crippen molar-refractivity contribution in [2.24, 2.45) is 0 Å². The molecular weight excluding hydrogens is 434 g/mol. The van der Waals surface area contributed by atoms with Crippen LogP contribution in [0.3, 0.4) is 0 Å². The molecule has 8 heteroatoms. The Hall–Kier alpha value is -4.17. The summed E-state index contributed by atoms with van der Waals surface area (Å²) in [5.41, 5.74) is 6.95. The van der Waals surface area contributed by atoms with Gasteiger partial charge in [0.15, 0.2) is 0 Å². The summed E-state index contributed by atoms with van der Waals surface area (Å²) in [6.45, 7) is 3.73. The van der Waals surface area contributed by atoms with Crippen LogP contribution >= 0.6 is 11.3 Å². The third-order valence-electron chi connectivity index (χ3n) is 5.28. The fraction of sp³-hybridized carbons (Fsp3) is 0.0800. The summed E-state index contributed by atoms with van der Waals surface area (Å²) in [7, 11) is 0. The fourth-order valence-corrected chi connectivity index (χ4v) is 4.15. The van der Waals surface area contributed by atoms with Gasteiger partial charge in [-0.05, 0) is 62.4 Å². The van der Waals surface area contributed by atoms with Crippen LogP contribution in [0.4, 0.5) is 11.4 Å². The van der Waals surface area contributed by atoms with Gasteiger partial charge in [-0.15, -0.1) is 11.3 Å². The van der Waals surface area contributed by atoms with Crippen LogP contribution in [0.2, 0.25) is 0 Å². The van der Waals surface area contributed by atoms with Crippen molar-refractivity contribution in [2.45, 2.75) is 13.8 Å². The van der Waals surface area contributed by atoms with Gasteiger partial charge in [-0.1, -0.05) is 6.07 Å². The molecule has 0 atom stereocenters. The van der Waals surface area contributed by atoms with E-state index in [9.17, 15) is 9.59 Å². The number of rotatable bonds is 4. The number of nitrogens with zero attached hydrogens (tertiary/aromatic N) is 3. The number of carbonyl (C=O) groups is 2. The molecule has 3 aromatic heterocycles. The van der Waals surface area contributed by atoms with Gasteiger partial charge in [-0.25, -0.2) is 4.98 Å². The number of benzene rings is 2. The molecule has 3 heterocycles. The highest BCUT2D eigenvalue weighted by atomic mass is 32.1. The molecule has 2 aromatic carbocycles. The quantitative estimate of drug-likeness (QED) is 0.382. The van der Waals surface area contributed by atoms with Gasteiger partial charge in [0.2, 0.25) is 0 Å². The molecule has 0 saturated heterocycles. The smallest absolute Gasteiger partial charge is 0.255 e. The van der Waals surface area contributed by atoms with E-state index in [-0.39, 0.29) is 11.8 Å². The average Bonchev–Trinajstić information content (AvgIpc) is 3.28. The van der Waals surface area contributed by atoms with Gasteiger partial charge >= 0.3 is 0 Å². The second-order valence-electron chi connectivity index (χ2n) is 7.66. The molecule has 162 valence electrons. The Labute approximate surface area is 193 Å². The highest BCUT2D eigenvalue weighted by Crippen LogP contribution is 2.22. The fourth-order valence-electron chi connectivity index (χ4n) is 3.49. The molecule has 0 aliphatic rings. The number of anilines is 2. The molecule has 0 spiro atoms. The molecule has 5 aromatic rings. The number of hydrogen-bond donors (Lipinski definition) is 2. The van der Waals surface area contributed by atoms with Crippen molar-refractivity contribution in [3.63, 3.8) is 0 Å². The lowest BCUT2D eigenvalue weighted by Gasteiger charge is -2.11. The Morgan fingerprint density at radius 2 is 1.61 bits per heavy atom. The largest absolute Gasteiger partial charge is 0.321 e. The van der Waals surface area contributed by atoms with Gasteiger partial charge in [0.05, 0.1) is 44.5 Å². The summed E-state index contributed by atoms with van der Waals surface area (Å²) in [4.78, 5) is 38.6. The van der Waals surface area contributed by atoms with E-state index in [0.717, 1.165) is 26.8 Å². The molecule has 0 fully saturated rings. The Kier molecular flexibility index (Phi) is 5.27. The van der Waals surface area contributed by atoms with Crippen LogP contribution in [-0.2, 0) is 0 Å². The molecule has 33 heavy (non-hydrogen) atoms. The molecular formula is C25H19N5O2S. The number of hydrogen-bond acceptors (Lipinski definition) is 6. The van der Waals surface area contributed by atoms with Gasteiger partial charge in [0, 0.05) is 22.2 Å². The highest BCUT2D eigenvalue weighted by Gasteiger charge is 2.13. The third-order valence-corrected chi connectivity index (χ3v) is 6.09. The van der Waals surface area contributed by atoms with Crippen LogP contribution in [0, 0.1) is 13.8 Å². The van der Waals surface area contributed by atoms with Crippen molar-refractivity contribution < 1.29 is 9.59 Å². The summed E-state index contributed by atoms with van der Waals surface area (Å²) in [6, 6.07) is 16.3. The first-order valence-electron chi connectivity index (χ1n) is 10.3. The first-order valence-corrected chi connectivity index (χ1v) is 11.1. The number of aromatic nitrogens is 3. The summed E-state index contributed by atoms with van der Waals surface area (Å²) in [5, 5.41) is 6.62. The molecule has 7 nitrogen and oxygen atoms in total. The number of nitrogens with one attached hydrogen (secondary N) is 2. The predicted molar refractivity (Wildman–Crippen MR) is 131 cm³/mol. The Bertz CT molecular complexity index is 1540. The zero-order valence-corrected chi connectivity index (χ0v) is 18.7. The molecule has 0 bridgehead atoms. The number of thiazole rings is 1. The normalized spacial score (nSPS) is 11.0. The molecule has 2 amide bonds. The van der Waals surface area contributed by atoms with Crippen LogP contribution < -0.4 is 10.6 Å². The van der Waals surface area contributed by atoms with E-state index in [4.69, 9.17) is 0 Å². The van der Waals surface area contributed by atoms with Crippen LogP contribution in [-0.4, -0.2) is 26.8 Å². The molecule has 0 aliphatic heterocycles. The van der Waals surface area contributed by atoms with E-state index in [0.29, 0.717) is 28.2 Å². The Morgan fingerprint density at radius 3 is 2.48 bits per heavy atom. The van der Waals surface area contributed by atoms with Crippen molar-refractivity contribution in [3.8, 4) is 0 Å². The lowest BCUT2D eigenvalue weighted by Crippen LogP contribution is -2.15. The summed E-state index contributed by atoms with van der Waals surface area (Å²) >= 11 is 1.52. The lowest BCUT2D eigenvalue weighted by molar-refractivity contribution is 0.101.